The van der Waals surface area contributed by atoms with Crippen LogP contribution in [-0.2, 0) is 0 Å². The second-order valence-electron chi connectivity index (χ2n) is 4.74. The highest BCUT2D eigenvalue weighted by Gasteiger charge is 2.14. The van der Waals surface area contributed by atoms with E-state index in [1.165, 1.54) is 11.3 Å². The summed E-state index contributed by atoms with van der Waals surface area (Å²) in [5.41, 5.74) is 1.41. The Morgan fingerprint density at radius 2 is 2.27 bits per heavy atom. The van der Waals surface area contributed by atoms with Gasteiger partial charge in [-0.2, -0.15) is 5.26 Å². The monoisotopic (exact) mass is 315 g/mol. The Labute approximate surface area is 133 Å². The van der Waals surface area contributed by atoms with Gasteiger partial charge in [-0.15, -0.1) is 11.3 Å². The molecule has 0 unspecified atom stereocenters. The molecular formula is C16H17N3O2S. The lowest BCUT2D eigenvalue weighted by molar-refractivity contribution is 0.103. The molecule has 22 heavy (non-hydrogen) atoms. The summed E-state index contributed by atoms with van der Waals surface area (Å²) in [7, 11) is 0. The van der Waals surface area contributed by atoms with Crippen molar-refractivity contribution >= 4 is 22.9 Å². The number of ether oxygens (including phenoxy) is 1. The molecule has 0 aliphatic heterocycles. The molecule has 0 radical (unpaired) electrons. The van der Waals surface area contributed by atoms with Crippen molar-refractivity contribution < 1.29 is 9.53 Å². The third-order valence-corrected chi connectivity index (χ3v) is 3.97. The molecular weight excluding hydrogens is 298 g/mol. The van der Waals surface area contributed by atoms with Crippen LogP contribution in [0.3, 0.4) is 0 Å². The number of benzene rings is 1. The van der Waals surface area contributed by atoms with Gasteiger partial charge >= 0.3 is 0 Å². The second-order valence-corrected chi connectivity index (χ2v) is 5.94. The van der Waals surface area contributed by atoms with Crippen molar-refractivity contribution in [2.75, 3.05) is 11.9 Å². The molecule has 0 spiro atoms. The van der Waals surface area contributed by atoms with Crippen molar-refractivity contribution in [1.82, 2.24) is 4.98 Å². The van der Waals surface area contributed by atoms with Gasteiger partial charge < -0.3 is 10.1 Å². The molecule has 0 aliphatic rings. The number of carbonyl (C=O) groups is 1. The van der Waals surface area contributed by atoms with Gasteiger partial charge in [0.2, 0.25) is 0 Å². The van der Waals surface area contributed by atoms with E-state index >= 15 is 0 Å². The molecule has 2 rings (SSSR count). The van der Waals surface area contributed by atoms with Crippen LogP contribution in [0.2, 0.25) is 0 Å². The number of rotatable bonds is 6. The second kappa shape index (κ2) is 7.57. The van der Waals surface area contributed by atoms with Gasteiger partial charge in [-0.1, -0.05) is 6.07 Å². The fourth-order valence-corrected chi connectivity index (χ4v) is 2.75. The Bertz CT molecular complexity index is 704. The maximum Gasteiger partial charge on any atom is 0.267 e. The summed E-state index contributed by atoms with van der Waals surface area (Å²) in [6.45, 7) is 4.19. The van der Waals surface area contributed by atoms with Gasteiger partial charge in [-0.25, -0.2) is 4.98 Å². The number of hydrogen-bond donors (Lipinski definition) is 1. The summed E-state index contributed by atoms with van der Waals surface area (Å²) >= 11 is 1.38. The Hall–Kier alpha value is -2.39. The van der Waals surface area contributed by atoms with Crippen LogP contribution in [0.4, 0.5) is 5.69 Å². The normalized spacial score (nSPS) is 10.0. The molecule has 0 atom stereocenters. The molecule has 0 saturated carbocycles. The fourth-order valence-electron chi connectivity index (χ4n) is 1.93. The number of aryl methyl sites for hydroxylation is 2. The Kier molecular flexibility index (Phi) is 5.50. The number of hydrogen-bond acceptors (Lipinski definition) is 5. The van der Waals surface area contributed by atoms with E-state index in [9.17, 15) is 4.79 Å². The number of aromatic nitrogens is 1. The first-order chi connectivity index (χ1) is 10.6. The summed E-state index contributed by atoms with van der Waals surface area (Å²) in [5.74, 6) is 0.512. The first kappa shape index (κ1) is 16.0. The minimum absolute atomic E-state index is 0.162. The first-order valence-corrected chi connectivity index (χ1v) is 7.77. The zero-order valence-electron chi connectivity index (χ0n) is 12.5. The maximum absolute atomic E-state index is 12.2. The summed E-state index contributed by atoms with van der Waals surface area (Å²) in [4.78, 5) is 17.1. The maximum atomic E-state index is 12.2. The average molecular weight is 315 g/mol. The number of amides is 1. The number of nitrogens with one attached hydrogen (secondary N) is 1. The van der Waals surface area contributed by atoms with E-state index < -0.39 is 0 Å². The standard InChI is InChI=1S/C16H17N3O2S/c1-11-15(22-12(2)18-11)16(20)19-13-6-5-7-14(10-13)21-9-4-3-8-17/h5-7,10H,3-4,9H2,1-2H3,(H,19,20). The molecule has 2 aromatic rings. The number of nitriles is 1. The lowest BCUT2D eigenvalue weighted by Gasteiger charge is -2.08. The predicted octanol–water partition coefficient (Wildman–Crippen LogP) is 3.69. The van der Waals surface area contributed by atoms with E-state index in [0.717, 1.165) is 10.7 Å². The molecule has 114 valence electrons. The molecule has 6 heteroatoms. The summed E-state index contributed by atoms with van der Waals surface area (Å²) in [6.07, 6.45) is 1.16. The third-order valence-electron chi connectivity index (χ3n) is 2.90. The number of unbranched alkanes of at least 4 members (excludes halogenated alkanes) is 1. The van der Waals surface area contributed by atoms with Crippen LogP contribution >= 0.6 is 11.3 Å². The van der Waals surface area contributed by atoms with Gasteiger partial charge in [0.25, 0.3) is 5.91 Å². The summed E-state index contributed by atoms with van der Waals surface area (Å²) in [5, 5.41) is 12.2. The highest BCUT2D eigenvalue weighted by molar-refractivity contribution is 7.13. The number of thiazole rings is 1. The molecule has 1 heterocycles. The number of nitrogens with zero attached hydrogens (tertiary/aromatic N) is 2. The number of anilines is 1. The summed E-state index contributed by atoms with van der Waals surface area (Å²) < 4.78 is 5.55. The van der Waals surface area contributed by atoms with Crippen molar-refractivity contribution in [1.29, 1.82) is 5.26 Å². The largest absolute Gasteiger partial charge is 0.493 e. The Morgan fingerprint density at radius 3 is 2.95 bits per heavy atom. The topological polar surface area (TPSA) is 75.0 Å². The van der Waals surface area contributed by atoms with E-state index in [2.05, 4.69) is 16.4 Å². The minimum Gasteiger partial charge on any atom is -0.493 e. The molecule has 0 aliphatic carbocycles. The molecule has 0 bridgehead atoms. The SMILES string of the molecule is Cc1nc(C)c(C(=O)Nc2cccc(OCCCC#N)c2)s1. The molecule has 1 aromatic carbocycles. The Balaban J connectivity index is 1.99. The van der Waals surface area contributed by atoms with E-state index in [1.807, 2.05) is 32.0 Å². The van der Waals surface area contributed by atoms with Gasteiger partial charge in [-0.3, -0.25) is 4.79 Å². The van der Waals surface area contributed by atoms with Crippen LogP contribution in [-0.4, -0.2) is 17.5 Å². The van der Waals surface area contributed by atoms with Crippen LogP contribution in [0.5, 0.6) is 5.75 Å². The Morgan fingerprint density at radius 1 is 1.45 bits per heavy atom. The van der Waals surface area contributed by atoms with Crippen molar-refractivity contribution in [3.8, 4) is 11.8 Å². The van der Waals surface area contributed by atoms with E-state index in [-0.39, 0.29) is 5.91 Å². The lowest BCUT2D eigenvalue weighted by atomic mass is 10.3. The van der Waals surface area contributed by atoms with Crippen molar-refractivity contribution in [3.05, 3.63) is 39.8 Å². The zero-order valence-corrected chi connectivity index (χ0v) is 13.4. The van der Waals surface area contributed by atoms with Crippen LogP contribution < -0.4 is 10.1 Å². The minimum atomic E-state index is -0.162. The van der Waals surface area contributed by atoms with Gasteiger partial charge in [0.15, 0.2) is 0 Å². The highest BCUT2D eigenvalue weighted by atomic mass is 32.1. The van der Waals surface area contributed by atoms with Crippen LogP contribution in [0.15, 0.2) is 24.3 Å². The average Bonchev–Trinajstić information content (AvgIpc) is 2.83. The van der Waals surface area contributed by atoms with Gasteiger partial charge in [0.1, 0.15) is 10.6 Å². The molecule has 0 fully saturated rings. The fraction of sp³-hybridized carbons (Fsp3) is 0.312. The smallest absolute Gasteiger partial charge is 0.267 e. The predicted molar refractivity (Wildman–Crippen MR) is 86.3 cm³/mol. The van der Waals surface area contributed by atoms with Crippen LogP contribution in [0.25, 0.3) is 0 Å². The van der Waals surface area contributed by atoms with E-state index in [1.54, 1.807) is 6.07 Å². The summed E-state index contributed by atoms with van der Waals surface area (Å²) in [6, 6.07) is 9.30. The van der Waals surface area contributed by atoms with E-state index in [4.69, 9.17) is 10.00 Å². The first-order valence-electron chi connectivity index (χ1n) is 6.95. The van der Waals surface area contributed by atoms with Crippen molar-refractivity contribution in [2.24, 2.45) is 0 Å². The molecule has 1 N–H and O–H groups in total. The van der Waals surface area contributed by atoms with Gasteiger partial charge in [-0.05, 0) is 32.4 Å². The molecule has 5 nitrogen and oxygen atoms in total. The van der Waals surface area contributed by atoms with Gasteiger partial charge in [0, 0.05) is 18.2 Å². The molecule has 1 aromatic heterocycles. The third kappa shape index (κ3) is 4.30. The van der Waals surface area contributed by atoms with Crippen LogP contribution in [0, 0.1) is 25.2 Å². The molecule has 1 amide bonds. The quantitative estimate of drug-likeness (QED) is 0.825. The zero-order chi connectivity index (χ0) is 15.9. The van der Waals surface area contributed by atoms with E-state index in [0.29, 0.717) is 35.8 Å². The van der Waals surface area contributed by atoms with Crippen molar-refractivity contribution in [2.45, 2.75) is 26.7 Å². The highest BCUT2D eigenvalue weighted by Crippen LogP contribution is 2.21. The van der Waals surface area contributed by atoms with Crippen molar-refractivity contribution in [3.63, 3.8) is 0 Å². The number of carbonyl (C=O) groups excluding carboxylic acids is 1. The lowest BCUT2D eigenvalue weighted by Crippen LogP contribution is -2.11. The molecule has 0 saturated heterocycles. The van der Waals surface area contributed by atoms with Gasteiger partial charge in [0.05, 0.1) is 23.4 Å². The van der Waals surface area contributed by atoms with Crippen LogP contribution in [0.1, 0.15) is 33.2 Å².